The lowest BCUT2D eigenvalue weighted by Gasteiger charge is -1.87. The lowest BCUT2D eigenvalue weighted by Crippen LogP contribution is -2.31. The highest BCUT2D eigenvalue weighted by Gasteiger charge is 2.08. The van der Waals surface area contributed by atoms with Crippen LogP contribution in [0.2, 0.25) is 5.15 Å². The van der Waals surface area contributed by atoms with Crippen LogP contribution in [-0.2, 0) is 13.5 Å². The van der Waals surface area contributed by atoms with Gasteiger partial charge in [0.25, 0.3) is 5.82 Å². The first-order valence-electron chi connectivity index (χ1n) is 3.08. The van der Waals surface area contributed by atoms with Crippen LogP contribution in [-0.4, -0.2) is 4.98 Å². The summed E-state index contributed by atoms with van der Waals surface area (Å²) in [6.07, 6.45) is 4.42. The quantitative estimate of drug-likeness (QED) is 0.492. The Balaban J connectivity index is 2.93. The topological polar surface area (TPSA) is 19.7 Å². The number of H-pyrrole nitrogens is 1. The summed E-state index contributed by atoms with van der Waals surface area (Å²) in [5, 5.41) is 0.719. The van der Waals surface area contributed by atoms with Gasteiger partial charge in [-0.2, -0.15) is 0 Å². The van der Waals surface area contributed by atoms with Gasteiger partial charge in [-0.1, -0.05) is 6.08 Å². The zero-order chi connectivity index (χ0) is 7.56. The van der Waals surface area contributed by atoms with Gasteiger partial charge in [-0.25, -0.2) is 9.55 Å². The molecule has 1 heterocycles. The van der Waals surface area contributed by atoms with E-state index >= 15 is 0 Å². The Morgan fingerprint density at radius 1 is 1.90 bits per heavy atom. The summed E-state index contributed by atoms with van der Waals surface area (Å²) in [5.74, 6) is 1.07. The average molecular weight is 158 g/mol. The van der Waals surface area contributed by atoms with E-state index in [1.807, 2.05) is 17.7 Å². The molecule has 2 nitrogen and oxygen atoms in total. The van der Waals surface area contributed by atoms with Crippen molar-refractivity contribution in [2.45, 2.75) is 6.42 Å². The van der Waals surface area contributed by atoms with E-state index in [9.17, 15) is 0 Å². The zero-order valence-corrected chi connectivity index (χ0v) is 6.65. The van der Waals surface area contributed by atoms with Crippen LogP contribution in [0, 0.1) is 0 Å². The van der Waals surface area contributed by atoms with Crippen LogP contribution in [0.3, 0.4) is 0 Å². The molecule has 0 fully saturated rings. The van der Waals surface area contributed by atoms with E-state index in [0.717, 1.165) is 17.4 Å². The highest BCUT2D eigenvalue weighted by atomic mass is 35.5. The Hall–Kier alpha value is -0.760. The number of aromatic nitrogens is 2. The molecule has 54 valence electrons. The summed E-state index contributed by atoms with van der Waals surface area (Å²) in [5.41, 5.74) is 0. The summed E-state index contributed by atoms with van der Waals surface area (Å²) in [6, 6.07) is 0. The first-order valence-corrected chi connectivity index (χ1v) is 3.46. The van der Waals surface area contributed by atoms with E-state index in [0.29, 0.717) is 0 Å². The minimum Gasteiger partial charge on any atom is -0.246 e. The Morgan fingerprint density at radius 3 is 3.00 bits per heavy atom. The van der Waals surface area contributed by atoms with Crippen LogP contribution in [0.25, 0.3) is 0 Å². The van der Waals surface area contributed by atoms with Crippen molar-refractivity contribution in [3.8, 4) is 0 Å². The minimum absolute atomic E-state index is 0.719. The van der Waals surface area contributed by atoms with Crippen molar-refractivity contribution in [3.63, 3.8) is 0 Å². The summed E-state index contributed by atoms with van der Waals surface area (Å²) in [4.78, 5) is 3.03. The first kappa shape index (κ1) is 7.35. The van der Waals surface area contributed by atoms with Crippen molar-refractivity contribution < 1.29 is 4.57 Å². The fraction of sp³-hybridized carbons (Fsp3) is 0.286. The Kier molecular flexibility index (Phi) is 2.12. The van der Waals surface area contributed by atoms with Crippen LogP contribution in [0.4, 0.5) is 0 Å². The van der Waals surface area contributed by atoms with Gasteiger partial charge in [0.2, 0.25) is 5.15 Å². The van der Waals surface area contributed by atoms with Gasteiger partial charge in [-0.3, -0.25) is 0 Å². The van der Waals surface area contributed by atoms with E-state index < -0.39 is 0 Å². The molecule has 0 saturated heterocycles. The molecule has 1 N–H and O–H groups in total. The Morgan fingerprint density at radius 2 is 2.60 bits per heavy atom. The van der Waals surface area contributed by atoms with Crippen molar-refractivity contribution in [2.24, 2.45) is 7.05 Å². The summed E-state index contributed by atoms with van der Waals surface area (Å²) in [7, 11) is 1.91. The van der Waals surface area contributed by atoms with Crippen LogP contribution in [0.5, 0.6) is 0 Å². The van der Waals surface area contributed by atoms with E-state index in [-0.39, 0.29) is 0 Å². The van der Waals surface area contributed by atoms with Crippen LogP contribution in [0.1, 0.15) is 5.82 Å². The van der Waals surface area contributed by atoms with Crippen molar-refractivity contribution in [1.29, 1.82) is 0 Å². The number of aromatic amines is 1. The molecule has 0 radical (unpaired) electrons. The van der Waals surface area contributed by atoms with Gasteiger partial charge in [0, 0.05) is 0 Å². The molecule has 0 amide bonds. The SMILES string of the molecule is C=CCc1[nH]cc(Cl)[n+]1C. The lowest BCUT2D eigenvalue weighted by atomic mass is 10.4. The number of nitrogens with one attached hydrogen (secondary N) is 1. The second-order valence-electron chi connectivity index (χ2n) is 2.11. The number of rotatable bonds is 2. The fourth-order valence-corrected chi connectivity index (χ4v) is 0.955. The molecule has 0 atom stereocenters. The predicted octanol–water partition coefficient (Wildman–Crippen LogP) is 1.22. The fourth-order valence-electron chi connectivity index (χ4n) is 0.798. The maximum atomic E-state index is 5.76. The van der Waals surface area contributed by atoms with Gasteiger partial charge in [-0.15, -0.1) is 6.58 Å². The second-order valence-corrected chi connectivity index (χ2v) is 2.50. The van der Waals surface area contributed by atoms with Gasteiger partial charge in [-0.05, 0) is 11.6 Å². The van der Waals surface area contributed by atoms with E-state index in [4.69, 9.17) is 11.6 Å². The summed E-state index contributed by atoms with van der Waals surface area (Å²) in [6.45, 7) is 3.63. The molecule has 0 unspecified atom stereocenters. The van der Waals surface area contributed by atoms with E-state index in [1.165, 1.54) is 0 Å². The number of halogens is 1. The first-order chi connectivity index (χ1) is 4.75. The standard InChI is InChI=1S/C7H9ClN2/c1-3-4-7-9-5-6(8)10(7)2/h3,5H,1,4H2,2H3/p+1. The molecule has 0 aliphatic rings. The third kappa shape index (κ3) is 1.21. The van der Waals surface area contributed by atoms with Crippen LogP contribution >= 0.6 is 11.6 Å². The predicted molar refractivity (Wildman–Crippen MR) is 40.9 cm³/mol. The molecule has 0 aromatic carbocycles. The summed E-state index contributed by atoms with van der Waals surface area (Å²) >= 11 is 5.76. The van der Waals surface area contributed by atoms with Crippen LogP contribution in [0.15, 0.2) is 18.9 Å². The van der Waals surface area contributed by atoms with Crippen molar-refractivity contribution >= 4 is 11.6 Å². The normalized spacial score (nSPS) is 9.80. The monoisotopic (exact) mass is 157 g/mol. The highest BCUT2D eigenvalue weighted by molar-refractivity contribution is 6.28. The molecular formula is C7H10ClN2+. The highest BCUT2D eigenvalue weighted by Crippen LogP contribution is 2.00. The lowest BCUT2D eigenvalue weighted by molar-refractivity contribution is -0.675. The van der Waals surface area contributed by atoms with Crippen molar-refractivity contribution in [2.75, 3.05) is 0 Å². The largest absolute Gasteiger partial charge is 0.259 e. The van der Waals surface area contributed by atoms with Crippen molar-refractivity contribution in [3.05, 3.63) is 29.8 Å². The van der Waals surface area contributed by atoms with Gasteiger partial charge < -0.3 is 0 Å². The number of hydrogen-bond donors (Lipinski definition) is 1. The van der Waals surface area contributed by atoms with Gasteiger partial charge >= 0.3 is 0 Å². The summed E-state index contributed by atoms with van der Waals surface area (Å²) < 4.78 is 1.89. The van der Waals surface area contributed by atoms with Gasteiger partial charge in [0.05, 0.1) is 13.5 Å². The smallest absolute Gasteiger partial charge is 0.246 e. The molecule has 0 bridgehead atoms. The number of imidazole rings is 1. The maximum absolute atomic E-state index is 5.76. The molecule has 3 heteroatoms. The van der Waals surface area contributed by atoms with Crippen molar-refractivity contribution in [1.82, 2.24) is 4.98 Å². The Bertz CT molecular complexity index is 240. The van der Waals surface area contributed by atoms with E-state index in [2.05, 4.69) is 11.6 Å². The molecule has 1 aromatic heterocycles. The van der Waals surface area contributed by atoms with Crippen LogP contribution < -0.4 is 4.57 Å². The maximum Gasteiger partial charge on any atom is 0.259 e. The molecule has 1 rings (SSSR count). The molecule has 0 aliphatic heterocycles. The van der Waals surface area contributed by atoms with E-state index in [1.54, 1.807) is 6.20 Å². The molecule has 1 aromatic rings. The van der Waals surface area contributed by atoms with Gasteiger partial charge in [0.1, 0.15) is 6.20 Å². The third-order valence-electron chi connectivity index (χ3n) is 1.42. The average Bonchev–Trinajstić information content (AvgIpc) is 2.20. The Labute approximate surface area is 65.1 Å². The molecule has 0 saturated carbocycles. The zero-order valence-electron chi connectivity index (χ0n) is 5.89. The minimum atomic E-state index is 0.719. The molecule has 10 heavy (non-hydrogen) atoms. The molecule has 0 aliphatic carbocycles. The molecular weight excluding hydrogens is 148 g/mol. The molecule has 0 spiro atoms. The number of nitrogens with zero attached hydrogens (tertiary/aromatic N) is 1. The van der Waals surface area contributed by atoms with Gasteiger partial charge in [0.15, 0.2) is 0 Å². The third-order valence-corrected chi connectivity index (χ3v) is 1.78. The second kappa shape index (κ2) is 2.88. The number of hydrogen-bond acceptors (Lipinski definition) is 0. The number of allylic oxidation sites excluding steroid dienone is 1.